The lowest BCUT2D eigenvalue weighted by Crippen LogP contribution is -2.17. The van der Waals surface area contributed by atoms with Gasteiger partial charge in [0.1, 0.15) is 0 Å². The first-order valence-corrected chi connectivity index (χ1v) is 5.93. The second-order valence-corrected chi connectivity index (χ2v) is 4.97. The second kappa shape index (κ2) is 3.22. The molecule has 0 unspecified atom stereocenters. The molecule has 0 heterocycles. The summed E-state index contributed by atoms with van der Waals surface area (Å²) in [7, 11) is -3.51. The van der Waals surface area contributed by atoms with E-state index in [4.69, 9.17) is 5.14 Å². The number of hydrogen-bond acceptors (Lipinski definition) is 2. The van der Waals surface area contributed by atoms with Gasteiger partial charge in [-0.2, -0.15) is 0 Å². The van der Waals surface area contributed by atoms with Crippen LogP contribution in [0.1, 0.15) is 17.5 Å². The number of sulfonamides is 1. The highest BCUT2D eigenvalue weighted by atomic mass is 32.2. The number of fused-ring (bicyclic) bond motifs is 1. The summed E-state index contributed by atoms with van der Waals surface area (Å²) in [6.07, 6.45) is 2.92. The molecule has 2 rings (SSSR count). The Morgan fingerprint density at radius 3 is 2.57 bits per heavy atom. The van der Waals surface area contributed by atoms with Gasteiger partial charge in [-0.1, -0.05) is 24.3 Å². The summed E-state index contributed by atoms with van der Waals surface area (Å²) < 4.78 is 22.2. The maximum Gasteiger partial charge on any atom is 0.234 e. The highest BCUT2D eigenvalue weighted by Gasteiger charge is 2.17. The maximum absolute atomic E-state index is 11.1. The smallest absolute Gasteiger partial charge is 0.225 e. The predicted molar refractivity (Wildman–Crippen MR) is 55.8 cm³/mol. The van der Waals surface area contributed by atoms with E-state index in [1.165, 1.54) is 5.56 Å². The summed E-state index contributed by atoms with van der Waals surface area (Å²) in [5.74, 6) is 0. The molecule has 14 heavy (non-hydrogen) atoms. The molecule has 1 aliphatic rings. The molecule has 0 amide bonds. The molecule has 1 aromatic rings. The van der Waals surface area contributed by atoms with Crippen LogP contribution < -0.4 is 5.14 Å². The van der Waals surface area contributed by atoms with Crippen molar-refractivity contribution in [2.75, 3.05) is 0 Å². The number of allylic oxidation sites excluding steroid dienone is 1. The van der Waals surface area contributed by atoms with Gasteiger partial charge < -0.3 is 0 Å². The summed E-state index contributed by atoms with van der Waals surface area (Å²) in [4.78, 5) is 0.330. The van der Waals surface area contributed by atoms with E-state index in [0.29, 0.717) is 11.3 Å². The van der Waals surface area contributed by atoms with E-state index in [1.807, 2.05) is 24.3 Å². The Morgan fingerprint density at radius 1 is 1.14 bits per heavy atom. The topological polar surface area (TPSA) is 60.2 Å². The third-order valence-corrected chi connectivity index (χ3v) is 3.43. The lowest BCUT2D eigenvalue weighted by molar-refractivity contribution is 0.601. The molecule has 0 bridgehead atoms. The van der Waals surface area contributed by atoms with Gasteiger partial charge in [0.15, 0.2) is 0 Å². The second-order valence-electron chi connectivity index (χ2n) is 3.35. The van der Waals surface area contributed by atoms with Crippen LogP contribution in [0.4, 0.5) is 0 Å². The maximum atomic E-state index is 11.1. The number of hydrogen-bond donors (Lipinski definition) is 1. The Balaban J connectivity index is 2.51. The van der Waals surface area contributed by atoms with Crippen molar-refractivity contribution >= 4 is 16.1 Å². The highest BCUT2D eigenvalue weighted by molar-refractivity contribution is 7.93. The zero-order chi connectivity index (χ0) is 10.2. The summed E-state index contributed by atoms with van der Waals surface area (Å²) in [5.41, 5.74) is 2.14. The molecule has 4 heteroatoms. The van der Waals surface area contributed by atoms with Crippen molar-refractivity contribution in [2.24, 2.45) is 5.14 Å². The molecule has 0 saturated heterocycles. The molecule has 0 saturated carbocycles. The minimum absolute atomic E-state index is 0.330. The van der Waals surface area contributed by atoms with E-state index in [1.54, 1.807) is 6.08 Å². The van der Waals surface area contributed by atoms with E-state index in [0.717, 1.165) is 12.0 Å². The van der Waals surface area contributed by atoms with Crippen molar-refractivity contribution in [3.63, 3.8) is 0 Å². The van der Waals surface area contributed by atoms with Crippen molar-refractivity contribution in [3.05, 3.63) is 40.3 Å². The molecule has 0 radical (unpaired) electrons. The standard InChI is InChI=1S/C10H11NO2S/c11-14(12,13)10-6-5-8-3-1-2-4-9(8)7-10/h1-4,7H,5-6H2,(H2,11,12,13). The minimum atomic E-state index is -3.51. The van der Waals surface area contributed by atoms with Gasteiger partial charge in [-0.3, -0.25) is 0 Å². The molecule has 0 aromatic heterocycles. The van der Waals surface area contributed by atoms with Crippen molar-refractivity contribution in [1.29, 1.82) is 0 Å². The molecule has 1 aromatic carbocycles. The summed E-state index contributed by atoms with van der Waals surface area (Å²) >= 11 is 0. The third-order valence-electron chi connectivity index (χ3n) is 2.38. The quantitative estimate of drug-likeness (QED) is 0.757. The van der Waals surface area contributed by atoms with Crippen molar-refractivity contribution in [2.45, 2.75) is 12.8 Å². The van der Waals surface area contributed by atoms with Crippen LogP contribution in [-0.2, 0) is 16.4 Å². The molecule has 0 spiro atoms. The zero-order valence-electron chi connectivity index (χ0n) is 7.60. The van der Waals surface area contributed by atoms with Gasteiger partial charge in [0.05, 0.1) is 4.91 Å². The first-order valence-electron chi connectivity index (χ1n) is 4.38. The lowest BCUT2D eigenvalue weighted by atomic mass is 9.98. The summed E-state index contributed by atoms with van der Waals surface area (Å²) in [6.45, 7) is 0. The van der Waals surface area contributed by atoms with Gasteiger partial charge in [-0.25, -0.2) is 13.6 Å². The van der Waals surface area contributed by atoms with Crippen LogP contribution in [0.25, 0.3) is 6.08 Å². The van der Waals surface area contributed by atoms with Crippen molar-refractivity contribution in [1.82, 2.24) is 0 Å². The summed E-state index contributed by atoms with van der Waals surface area (Å²) in [6, 6.07) is 7.75. The number of nitrogens with two attached hydrogens (primary N) is 1. The van der Waals surface area contributed by atoms with Crippen LogP contribution in [0.15, 0.2) is 29.2 Å². The molecular formula is C10H11NO2S. The molecule has 0 fully saturated rings. The average molecular weight is 209 g/mol. The molecule has 74 valence electrons. The monoisotopic (exact) mass is 209 g/mol. The van der Waals surface area contributed by atoms with E-state index in [-0.39, 0.29) is 0 Å². The van der Waals surface area contributed by atoms with Crippen LogP contribution in [0.3, 0.4) is 0 Å². The zero-order valence-corrected chi connectivity index (χ0v) is 8.42. The summed E-state index contributed by atoms with van der Waals surface area (Å²) in [5, 5.41) is 5.07. The molecule has 3 nitrogen and oxygen atoms in total. The Kier molecular flexibility index (Phi) is 2.17. The number of aryl methyl sites for hydroxylation is 1. The van der Waals surface area contributed by atoms with Gasteiger partial charge in [0.2, 0.25) is 10.0 Å². The van der Waals surface area contributed by atoms with E-state index < -0.39 is 10.0 Å². The van der Waals surface area contributed by atoms with E-state index >= 15 is 0 Å². The molecule has 0 aliphatic heterocycles. The van der Waals surface area contributed by atoms with Crippen LogP contribution >= 0.6 is 0 Å². The van der Waals surface area contributed by atoms with E-state index in [9.17, 15) is 8.42 Å². The van der Waals surface area contributed by atoms with Crippen LogP contribution in [0.5, 0.6) is 0 Å². The van der Waals surface area contributed by atoms with Gasteiger partial charge >= 0.3 is 0 Å². The van der Waals surface area contributed by atoms with Gasteiger partial charge in [-0.15, -0.1) is 0 Å². The fourth-order valence-electron chi connectivity index (χ4n) is 1.63. The van der Waals surface area contributed by atoms with Crippen LogP contribution in [0, 0.1) is 0 Å². The van der Waals surface area contributed by atoms with Gasteiger partial charge in [0, 0.05) is 0 Å². The Bertz CT molecular complexity index is 489. The fourth-order valence-corrected chi connectivity index (χ4v) is 2.31. The van der Waals surface area contributed by atoms with Crippen molar-refractivity contribution in [3.8, 4) is 0 Å². The van der Waals surface area contributed by atoms with E-state index in [2.05, 4.69) is 0 Å². The lowest BCUT2D eigenvalue weighted by Gasteiger charge is -2.14. The van der Waals surface area contributed by atoms with Crippen LogP contribution in [-0.4, -0.2) is 8.42 Å². The predicted octanol–water partition coefficient (Wildman–Crippen LogP) is 1.26. The molecular weight excluding hydrogens is 198 g/mol. The molecule has 0 atom stereocenters. The minimum Gasteiger partial charge on any atom is -0.225 e. The normalized spacial score (nSPS) is 15.9. The number of rotatable bonds is 1. The molecule has 2 N–H and O–H groups in total. The largest absolute Gasteiger partial charge is 0.234 e. The molecule has 1 aliphatic carbocycles. The third kappa shape index (κ3) is 1.71. The Labute approximate surface area is 83.3 Å². The van der Waals surface area contributed by atoms with Crippen LogP contribution in [0.2, 0.25) is 0 Å². The SMILES string of the molecule is NS(=O)(=O)C1=Cc2ccccc2CC1. The average Bonchev–Trinajstić information content (AvgIpc) is 2.16. The first kappa shape index (κ1) is 9.43. The number of benzene rings is 1. The van der Waals surface area contributed by atoms with Gasteiger partial charge in [0.25, 0.3) is 0 Å². The number of primary sulfonamides is 1. The highest BCUT2D eigenvalue weighted by Crippen LogP contribution is 2.25. The Morgan fingerprint density at radius 2 is 1.86 bits per heavy atom. The van der Waals surface area contributed by atoms with Crippen molar-refractivity contribution < 1.29 is 8.42 Å². The van der Waals surface area contributed by atoms with Gasteiger partial charge in [-0.05, 0) is 30.0 Å². The first-order chi connectivity index (χ1) is 6.57. The fraction of sp³-hybridized carbons (Fsp3) is 0.200. The Hall–Kier alpha value is -1.13.